The molecule has 0 amide bonds. The highest BCUT2D eigenvalue weighted by Gasteiger charge is 2.19. The van der Waals surface area contributed by atoms with Crippen molar-refractivity contribution in [3.8, 4) is 17.9 Å². The lowest BCUT2D eigenvalue weighted by Gasteiger charge is -2.25. The summed E-state index contributed by atoms with van der Waals surface area (Å²) in [5.41, 5.74) is -0.427. The molecule has 0 aromatic heterocycles. The van der Waals surface area contributed by atoms with Gasteiger partial charge in [0.25, 0.3) is 0 Å². The highest BCUT2D eigenvalue weighted by molar-refractivity contribution is 5.13. The van der Waals surface area contributed by atoms with Crippen LogP contribution in [-0.4, -0.2) is 50.0 Å². The first-order valence-electron chi connectivity index (χ1n) is 6.51. The number of hydrogen-bond donors (Lipinski definition) is 0. The minimum Gasteiger partial charge on any atom is -0.379 e. The van der Waals surface area contributed by atoms with E-state index >= 15 is 0 Å². The number of nitriles is 1. The molecule has 1 aliphatic rings. The van der Waals surface area contributed by atoms with Gasteiger partial charge >= 0.3 is 0 Å². The smallest absolute Gasteiger partial charge is 0.125 e. The Bertz CT molecular complexity index is 334. The van der Waals surface area contributed by atoms with E-state index in [0.717, 1.165) is 39.3 Å². The van der Waals surface area contributed by atoms with Gasteiger partial charge < -0.3 is 9.47 Å². The van der Waals surface area contributed by atoms with Crippen LogP contribution >= 0.6 is 0 Å². The minimum absolute atomic E-state index is 0.417. The van der Waals surface area contributed by atoms with Crippen molar-refractivity contribution in [3.05, 3.63) is 0 Å². The summed E-state index contributed by atoms with van der Waals surface area (Å²) < 4.78 is 11.0. The molecule has 0 aromatic carbocycles. The molecular formula is C14H22N2O2. The predicted molar refractivity (Wildman–Crippen MR) is 69.9 cm³/mol. The monoisotopic (exact) mass is 250 g/mol. The zero-order valence-corrected chi connectivity index (χ0v) is 11.4. The summed E-state index contributed by atoms with van der Waals surface area (Å²) >= 11 is 0. The molecule has 1 atom stereocenters. The molecule has 0 bridgehead atoms. The Morgan fingerprint density at radius 2 is 2.11 bits per heavy atom. The molecule has 0 spiro atoms. The number of hydrogen-bond acceptors (Lipinski definition) is 4. The summed E-state index contributed by atoms with van der Waals surface area (Å²) in [7, 11) is 0. The lowest BCUT2D eigenvalue weighted by atomic mass is 10.0. The van der Waals surface area contributed by atoms with Gasteiger partial charge in [-0.2, -0.15) is 5.26 Å². The average molecular weight is 250 g/mol. The summed E-state index contributed by atoms with van der Waals surface area (Å²) in [6.45, 7) is 8.75. The van der Waals surface area contributed by atoms with Crippen LogP contribution in [-0.2, 0) is 9.47 Å². The van der Waals surface area contributed by atoms with E-state index in [9.17, 15) is 0 Å². The Balaban J connectivity index is 2.38. The second-order valence-corrected chi connectivity index (χ2v) is 4.53. The SMILES string of the molecule is CCC(C)(C#CCN1CCOCC1)OCCC#N. The predicted octanol–water partition coefficient (Wildman–Crippen LogP) is 1.42. The van der Waals surface area contributed by atoms with Crippen molar-refractivity contribution >= 4 is 0 Å². The molecule has 0 N–H and O–H groups in total. The summed E-state index contributed by atoms with van der Waals surface area (Å²) in [6, 6.07) is 2.08. The first-order valence-corrected chi connectivity index (χ1v) is 6.51. The second kappa shape index (κ2) is 8.11. The molecule has 0 radical (unpaired) electrons. The van der Waals surface area contributed by atoms with Crippen LogP contribution < -0.4 is 0 Å². The molecule has 18 heavy (non-hydrogen) atoms. The van der Waals surface area contributed by atoms with Gasteiger partial charge in [0, 0.05) is 13.1 Å². The molecular weight excluding hydrogens is 228 g/mol. The van der Waals surface area contributed by atoms with E-state index in [1.54, 1.807) is 0 Å². The fraction of sp³-hybridized carbons (Fsp3) is 0.786. The molecule has 100 valence electrons. The van der Waals surface area contributed by atoms with Gasteiger partial charge in [0.1, 0.15) is 5.60 Å². The van der Waals surface area contributed by atoms with Gasteiger partial charge in [-0.1, -0.05) is 18.8 Å². The van der Waals surface area contributed by atoms with Crippen LogP contribution in [0.5, 0.6) is 0 Å². The van der Waals surface area contributed by atoms with Gasteiger partial charge in [-0.05, 0) is 13.3 Å². The van der Waals surface area contributed by atoms with E-state index in [0.29, 0.717) is 13.0 Å². The normalized spacial score (nSPS) is 19.4. The van der Waals surface area contributed by atoms with Crippen LogP contribution in [0.15, 0.2) is 0 Å². The van der Waals surface area contributed by atoms with Gasteiger partial charge in [0.2, 0.25) is 0 Å². The van der Waals surface area contributed by atoms with Gasteiger partial charge in [-0.15, -0.1) is 0 Å². The minimum atomic E-state index is -0.427. The van der Waals surface area contributed by atoms with Crippen LogP contribution in [0, 0.1) is 23.2 Å². The first kappa shape index (κ1) is 15.0. The maximum atomic E-state index is 8.50. The Hall–Kier alpha value is -1.07. The highest BCUT2D eigenvalue weighted by Crippen LogP contribution is 2.14. The molecule has 0 aliphatic carbocycles. The average Bonchev–Trinajstić information content (AvgIpc) is 2.40. The van der Waals surface area contributed by atoms with Crippen molar-refractivity contribution in [2.75, 3.05) is 39.5 Å². The van der Waals surface area contributed by atoms with E-state index in [1.165, 1.54) is 0 Å². The number of morpholine rings is 1. The van der Waals surface area contributed by atoms with Crippen molar-refractivity contribution < 1.29 is 9.47 Å². The van der Waals surface area contributed by atoms with Gasteiger partial charge in [-0.3, -0.25) is 4.90 Å². The molecule has 1 rings (SSSR count). The van der Waals surface area contributed by atoms with Crippen LogP contribution in [0.3, 0.4) is 0 Å². The summed E-state index contributed by atoms with van der Waals surface area (Å²) in [5, 5.41) is 8.50. The van der Waals surface area contributed by atoms with Crippen LogP contribution in [0.25, 0.3) is 0 Å². The van der Waals surface area contributed by atoms with Gasteiger partial charge in [-0.25, -0.2) is 0 Å². The molecule has 4 nitrogen and oxygen atoms in total. The maximum absolute atomic E-state index is 8.50. The van der Waals surface area contributed by atoms with Crippen molar-refractivity contribution in [2.24, 2.45) is 0 Å². The third-order valence-corrected chi connectivity index (χ3v) is 3.07. The van der Waals surface area contributed by atoms with Crippen LogP contribution in [0.1, 0.15) is 26.7 Å². The molecule has 0 saturated carbocycles. The lowest BCUT2D eigenvalue weighted by Crippen LogP contribution is -2.36. The summed E-state index contributed by atoms with van der Waals surface area (Å²) in [4.78, 5) is 2.28. The van der Waals surface area contributed by atoms with Gasteiger partial charge in [0.15, 0.2) is 0 Å². The van der Waals surface area contributed by atoms with Crippen molar-refractivity contribution in [1.82, 2.24) is 4.90 Å². The Morgan fingerprint density at radius 1 is 1.39 bits per heavy atom. The lowest BCUT2D eigenvalue weighted by molar-refractivity contribution is 0.0135. The molecule has 4 heteroatoms. The molecule has 1 saturated heterocycles. The number of nitrogens with zero attached hydrogens (tertiary/aromatic N) is 2. The third-order valence-electron chi connectivity index (χ3n) is 3.07. The first-order chi connectivity index (χ1) is 8.70. The zero-order valence-electron chi connectivity index (χ0n) is 11.4. The maximum Gasteiger partial charge on any atom is 0.125 e. The van der Waals surface area contributed by atoms with Crippen molar-refractivity contribution in [2.45, 2.75) is 32.3 Å². The summed E-state index contributed by atoms with van der Waals surface area (Å²) in [5.74, 6) is 6.37. The third kappa shape index (κ3) is 5.51. The number of ether oxygens (including phenoxy) is 2. The standard InChI is InChI=1S/C14H22N2O2/c1-3-14(2,18-11-5-7-15)6-4-8-16-9-12-17-13-10-16/h3,5,8-13H2,1-2H3. The van der Waals surface area contributed by atoms with Gasteiger partial charge in [0.05, 0.1) is 38.9 Å². The zero-order chi connectivity index (χ0) is 13.3. The Kier molecular flexibility index (Phi) is 6.75. The van der Waals surface area contributed by atoms with E-state index in [2.05, 4.69) is 29.7 Å². The van der Waals surface area contributed by atoms with E-state index in [4.69, 9.17) is 14.7 Å². The van der Waals surface area contributed by atoms with E-state index in [1.807, 2.05) is 6.92 Å². The van der Waals surface area contributed by atoms with Crippen LogP contribution in [0.4, 0.5) is 0 Å². The van der Waals surface area contributed by atoms with Crippen LogP contribution in [0.2, 0.25) is 0 Å². The highest BCUT2D eigenvalue weighted by atomic mass is 16.5. The molecule has 1 unspecified atom stereocenters. The fourth-order valence-electron chi connectivity index (χ4n) is 1.65. The van der Waals surface area contributed by atoms with E-state index < -0.39 is 5.60 Å². The van der Waals surface area contributed by atoms with E-state index in [-0.39, 0.29) is 0 Å². The van der Waals surface area contributed by atoms with Crippen molar-refractivity contribution in [1.29, 1.82) is 5.26 Å². The van der Waals surface area contributed by atoms with Crippen molar-refractivity contribution in [3.63, 3.8) is 0 Å². The quantitative estimate of drug-likeness (QED) is 0.547. The largest absolute Gasteiger partial charge is 0.379 e. The Morgan fingerprint density at radius 3 is 2.72 bits per heavy atom. The second-order valence-electron chi connectivity index (χ2n) is 4.53. The summed E-state index contributed by atoms with van der Waals surface area (Å²) in [6.07, 6.45) is 1.25. The molecule has 1 fully saturated rings. The fourth-order valence-corrected chi connectivity index (χ4v) is 1.65. The topological polar surface area (TPSA) is 45.5 Å². The molecule has 1 heterocycles. The Labute approximate surface area is 110 Å². The number of rotatable bonds is 5. The molecule has 0 aromatic rings. The molecule has 1 aliphatic heterocycles.